The molecule has 21 nitrogen and oxygen atoms in total. The van der Waals surface area contributed by atoms with Crippen LogP contribution in [0.1, 0.15) is 133 Å². The van der Waals surface area contributed by atoms with Crippen molar-refractivity contribution in [3.05, 3.63) is 92.6 Å². The number of carboxylic acids is 1. The lowest BCUT2D eigenvalue weighted by atomic mass is 9.96. The summed E-state index contributed by atoms with van der Waals surface area (Å²) in [6, 6.07) is 9.27. The molecule has 2 saturated heterocycles. The molecular formula is C62H75ClN14O7S9. The third-order valence-corrected chi connectivity index (χ3v) is 24.1. The monoisotopic (exact) mass is 1450 g/mol. The van der Waals surface area contributed by atoms with Gasteiger partial charge in [0.05, 0.1) is 25.3 Å². The summed E-state index contributed by atoms with van der Waals surface area (Å²) < 4.78 is 20.0. The molecule has 12 heterocycles. The summed E-state index contributed by atoms with van der Waals surface area (Å²) in [6.45, 7) is 7.31. The van der Waals surface area contributed by atoms with Crippen molar-refractivity contribution in [3.63, 3.8) is 0 Å². The van der Waals surface area contributed by atoms with E-state index in [0.717, 1.165) is 75.0 Å². The number of thiocarbonyl (C=S) groups is 2. The number of rotatable bonds is 16. The lowest BCUT2D eigenvalue weighted by Crippen LogP contribution is -2.48. The Labute approximate surface area is 586 Å². The van der Waals surface area contributed by atoms with Crippen LogP contribution in [-0.4, -0.2) is 144 Å². The number of nitrogens with one attached hydrogen (secondary N) is 1. The predicted molar refractivity (Wildman–Crippen MR) is 390 cm³/mol. The van der Waals surface area contributed by atoms with Crippen molar-refractivity contribution in [1.29, 1.82) is 0 Å². The Balaban J connectivity index is 0.000000192. The molecule has 6 N–H and O–H groups in total. The zero-order chi connectivity index (χ0) is 61.9. The minimum atomic E-state index is -1.07. The van der Waals surface area contributed by atoms with Crippen LogP contribution in [0.2, 0.25) is 0 Å². The molecule has 10 aromatic heterocycles. The van der Waals surface area contributed by atoms with Crippen molar-refractivity contribution in [2.45, 2.75) is 130 Å². The highest BCUT2D eigenvalue weighted by atomic mass is 35.5. The van der Waals surface area contributed by atoms with Gasteiger partial charge in [0, 0.05) is 94.0 Å². The summed E-state index contributed by atoms with van der Waals surface area (Å²) in [7, 11) is 0. The van der Waals surface area contributed by atoms with Gasteiger partial charge in [0.15, 0.2) is 11.4 Å². The van der Waals surface area contributed by atoms with Crippen LogP contribution in [0, 0.1) is 25.7 Å². The van der Waals surface area contributed by atoms with Crippen LogP contribution in [0.3, 0.4) is 0 Å². The second-order valence-corrected chi connectivity index (χ2v) is 29.8. The Hall–Kier alpha value is -5.74. The number of hydrogen-bond donors (Lipinski definition) is 4. The minimum Gasteiger partial charge on any atom is -0.480 e. The van der Waals surface area contributed by atoms with Gasteiger partial charge in [-0.05, 0) is 143 Å². The van der Waals surface area contributed by atoms with Crippen LogP contribution in [0.25, 0.3) is 60.6 Å². The normalized spacial score (nSPS) is 19.6. The Morgan fingerprint density at radius 3 is 1.65 bits per heavy atom. The third kappa shape index (κ3) is 17.1. The number of aromatic nitrogens is 10. The maximum absolute atomic E-state index is 13.9. The van der Waals surface area contributed by atoms with Crippen LogP contribution < -0.4 is 16.8 Å². The van der Waals surface area contributed by atoms with Crippen LogP contribution in [-0.2, 0) is 32.2 Å². The lowest BCUT2D eigenvalue weighted by molar-refractivity contribution is -0.138. The summed E-state index contributed by atoms with van der Waals surface area (Å²) in [5.41, 5.74) is 13.0. The number of primary amides is 2. The number of thiophene rings is 4. The van der Waals surface area contributed by atoms with E-state index in [0.29, 0.717) is 85.6 Å². The Morgan fingerprint density at radius 1 is 0.667 bits per heavy atom. The molecule has 3 amide bonds. The van der Waals surface area contributed by atoms with E-state index in [1.807, 2.05) is 50.2 Å². The van der Waals surface area contributed by atoms with Crippen LogP contribution in [0.15, 0.2) is 59.8 Å². The summed E-state index contributed by atoms with van der Waals surface area (Å²) >= 11 is 21.9. The summed E-state index contributed by atoms with van der Waals surface area (Å²) in [4.78, 5) is 82.2. The Morgan fingerprint density at radius 2 is 1.15 bits per heavy atom. The molecule has 0 radical (unpaired) electrons. The molecule has 2 saturated carbocycles. The standard InChI is InChI=1S/C30H31N7O3S4.C18H23NOS3.C12H10N6O3S.2CH4.ClH.H2S/c1-16-32-12-19(13-33-16)29-34-27-26(28(31)39)35-37(30(27)44-29)14-25(38)36-6-2-7-40-15-20(36)21(41)10-17-3-4-18(9-17)23-11-24-22(43-23)5-8-42-24;21-15(14-11-20-6-1-5-19-14)9-12-2-3-13(8-12)17-10-18-16(23-17)4-7-22-18;1-5-14-2-6(3-15-5)11-16-9-8(10(13)21)17-18(4-7(19)20)12(9)22-11;;;;/h5,8,11-13,17-18,20H,2-4,6-7,9-10,14-15H2,1H3,(H2,31,39);4,7,10,12-14,19H,1-3,5-6,8-9,11H2;2-3H,4H2,1H3,(H2,13,21)(H,19,20);2*1H4;1H;1H2/t17?,18?,20-;12?,13?,14-;;;;;/m00...../s1. The largest absolute Gasteiger partial charge is 0.480 e. The molecule has 496 valence electrons. The number of carboxylic acid groups (broad SMARTS) is 1. The molecular weight excluding hydrogens is 1380 g/mol. The number of halogens is 1. The first-order valence-electron chi connectivity index (χ1n) is 29.4. The summed E-state index contributed by atoms with van der Waals surface area (Å²) in [5.74, 6) is 1.21. The van der Waals surface area contributed by atoms with Crippen molar-refractivity contribution < 1.29 is 33.8 Å². The van der Waals surface area contributed by atoms with Crippen molar-refractivity contribution >= 4 is 191 Å². The first-order valence-corrected chi connectivity index (χ1v) is 35.2. The molecule has 2 aliphatic carbocycles. The van der Waals surface area contributed by atoms with Gasteiger partial charge in [-0.2, -0.15) is 23.7 Å². The second-order valence-electron chi connectivity index (χ2n) is 22.7. The Bertz CT molecular complexity index is 4160. The molecule has 4 aliphatic rings. The average molecular weight is 1450 g/mol. The van der Waals surface area contributed by atoms with Gasteiger partial charge in [-0.15, -0.1) is 57.8 Å². The maximum atomic E-state index is 13.9. The number of amides is 3. The fourth-order valence-corrected chi connectivity index (χ4v) is 19.3. The van der Waals surface area contributed by atoms with Gasteiger partial charge in [-0.3, -0.25) is 19.2 Å². The van der Waals surface area contributed by atoms with Gasteiger partial charge < -0.3 is 36.3 Å². The highest BCUT2D eigenvalue weighted by molar-refractivity contribution is 7.80. The smallest absolute Gasteiger partial charge is 0.325 e. The van der Waals surface area contributed by atoms with E-state index >= 15 is 0 Å². The number of aliphatic carboxylic acids is 1. The highest BCUT2D eigenvalue weighted by Gasteiger charge is 2.35. The van der Waals surface area contributed by atoms with E-state index in [4.69, 9.17) is 50.5 Å². The molecule has 4 unspecified atom stereocenters. The Kier molecular flexibility index (Phi) is 25.8. The van der Waals surface area contributed by atoms with Crippen LogP contribution in [0.5, 0.6) is 0 Å². The number of hydrogen-bond acceptors (Lipinski definition) is 23. The molecule has 10 aromatic rings. The van der Waals surface area contributed by atoms with Crippen LogP contribution >= 0.6 is 118 Å². The highest BCUT2D eigenvalue weighted by Crippen LogP contribution is 2.47. The van der Waals surface area contributed by atoms with Gasteiger partial charge in [-0.1, -0.05) is 62.0 Å². The fourth-order valence-electron chi connectivity index (χ4n) is 12.0. The number of fused-ring (bicyclic) bond motifs is 4. The number of thiazole rings is 2. The number of nitrogens with zero attached hydrogens (tertiary/aromatic N) is 11. The van der Waals surface area contributed by atoms with Crippen LogP contribution in [0.4, 0.5) is 0 Å². The maximum Gasteiger partial charge on any atom is 0.325 e. The average Bonchev–Trinajstić information content (AvgIpc) is 1.63. The fraction of sp³-hybridized carbons (Fsp3) is 0.452. The van der Waals surface area contributed by atoms with Gasteiger partial charge in [0.1, 0.15) is 55.4 Å². The number of carbonyl (C=O) groups excluding carboxylic acids is 3. The third-order valence-electron chi connectivity index (χ3n) is 16.4. The zero-order valence-corrected chi connectivity index (χ0v) is 58.0. The summed E-state index contributed by atoms with van der Waals surface area (Å²) in [5, 5.41) is 26.3. The lowest BCUT2D eigenvalue weighted by Gasteiger charge is -2.31. The van der Waals surface area contributed by atoms with E-state index in [1.165, 1.54) is 86.3 Å². The van der Waals surface area contributed by atoms with E-state index in [2.05, 4.69) is 80.4 Å². The van der Waals surface area contributed by atoms with E-state index in [9.17, 15) is 19.2 Å². The van der Waals surface area contributed by atoms with E-state index in [1.54, 1.807) is 43.5 Å². The van der Waals surface area contributed by atoms with Gasteiger partial charge in [0.2, 0.25) is 5.91 Å². The number of carbonyl (C=O) groups is 4. The quantitative estimate of drug-likeness (QED) is 0.0654. The van der Waals surface area contributed by atoms with Gasteiger partial charge in [-0.25, -0.2) is 39.3 Å². The number of nitrogens with two attached hydrogens (primary N) is 2. The molecule has 6 atom stereocenters. The molecule has 4 fully saturated rings. The van der Waals surface area contributed by atoms with Gasteiger partial charge in [0.25, 0.3) is 11.8 Å². The topological polar surface area (TPSA) is 287 Å². The van der Waals surface area contributed by atoms with Crippen molar-refractivity contribution in [1.82, 2.24) is 59.7 Å². The van der Waals surface area contributed by atoms with E-state index in [-0.39, 0.29) is 82.7 Å². The van der Waals surface area contributed by atoms with E-state index < -0.39 is 17.8 Å². The molecule has 0 bridgehead atoms. The number of aryl methyl sites for hydroxylation is 2. The molecule has 31 heteroatoms. The molecule has 14 rings (SSSR count). The SMILES string of the molecule is C.C.Cc1ncc(-c2nc3c(C(N)=O)nn(CC(=O)N4CCCOC[C@H]4C(=S)CC4CCC(c5cc6sccc6s5)C4)c3s2)cn1.Cc1ncc(-c2nc3c(C(N)=O)nn(CC(=O)O)c3s2)cn1.Cl.S.S=C(CC1CCC(c2cc3sccc3s2)C1)[C@@H]1COCCCN1. The molecule has 0 spiro atoms. The predicted octanol–water partition coefficient (Wildman–Crippen LogP) is 12.8. The second kappa shape index (κ2) is 32.8. The van der Waals surface area contributed by atoms with Crippen molar-refractivity contribution in [2.24, 2.45) is 23.3 Å². The zero-order valence-electron chi connectivity index (χ0n) is 49.6. The summed E-state index contributed by atoms with van der Waals surface area (Å²) in [6.07, 6.45) is 17.7. The number of ether oxygens (including phenoxy) is 2. The van der Waals surface area contributed by atoms with Crippen molar-refractivity contribution in [3.8, 4) is 21.1 Å². The first-order chi connectivity index (χ1) is 43.1. The van der Waals surface area contributed by atoms with Gasteiger partial charge >= 0.3 is 5.97 Å². The first kappa shape index (κ1) is 73.1. The minimum absolute atomic E-state index is 0. The van der Waals surface area contributed by atoms with Crippen molar-refractivity contribution in [2.75, 3.05) is 39.5 Å². The molecule has 93 heavy (non-hydrogen) atoms. The molecule has 0 aromatic carbocycles. The molecule has 2 aliphatic heterocycles.